The zero-order chi connectivity index (χ0) is 26.7. The molecule has 37 heavy (non-hydrogen) atoms. The van der Waals surface area contributed by atoms with E-state index in [0.717, 1.165) is 0 Å². The topological polar surface area (TPSA) is 93.5 Å². The van der Waals surface area contributed by atoms with Crippen LogP contribution in [0.2, 0.25) is 5.02 Å². The van der Waals surface area contributed by atoms with Crippen molar-refractivity contribution in [2.24, 2.45) is 0 Å². The van der Waals surface area contributed by atoms with Gasteiger partial charge >= 0.3 is 6.18 Å². The van der Waals surface area contributed by atoms with Gasteiger partial charge in [0, 0.05) is 29.2 Å². The molecule has 2 aromatic carbocycles. The third-order valence-corrected chi connectivity index (χ3v) is 6.29. The van der Waals surface area contributed by atoms with E-state index >= 15 is 0 Å². The number of carbonyl (C=O) groups is 2. The summed E-state index contributed by atoms with van der Waals surface area (Å²) in [6.45, 7) is -0.675. The molecular weight excluding hydrogens is 513 g/mol. The average molecular weight is 535 g/mol. The number of halogens is 4. The first-order chi connectivity index (χ1) is 17.6. The maximum absolute atomic E-state index is 13.5. The largest absolute Gasteiger partial charge is 0.497 e. The van der Waals surface area contributed by atoms with Crippen molar-refractivity contribution in [1.29, 1.82) is 0 Å². The molecule has 1 aliphatic heterocycles. The Labute approximate surface area is 214 Å². The van der Waals surface area contributed by atoms with Gasteiger partial charge in [-0.3, -0.25) is 14.4 Å². The summed E-state index contributed by atoms with van der Waals surface area (Å²) in [4.78, 5) is 40.6. The van der Waals surface area contributed by atoms with E-state index < -0.39 is 48.5 Å². The number of hydrogen-bond acceptors (Lipinski definition) is 5. The summed E-state index contributed by atoms with van der Waals surface area (Å²) in [6.07, 6.45) is -4.55. The molecule has 194 valence electrons. The Balaban J connectivity index is 1.67. The molecular formula is C25H22ClF3N4O4. The van der Waals surface area contributed by atoms with Gasteiger partial charge in [-0.25, -0.2) is 4.68 Å². The van der Waals surface area contributed by atoms with Crippen molar-refractivity contribution in [3.63, 3.8) is 0 Å². The highest BCUT2D eigenvalue weighted by Gasteiger charge is 2.44. The van der Waals surface area contributed by atoms with Crippen LogP contribution in [-0.2, 0) is 11.3 Å². The first-order valence-electron chi connectivity index (χ1n) is 11.2. The van der Waals surface area contributed by atoms with E-state index in [9.17, 15) is 27.6 Å². The lowest BCUT2D eigenvalue weighted by molar-refractivity contribution is -0.137. The fourth-order valence-corrected chi connectivity index (χ4v) is 4.25. The van der Waals surface area contributed by atoms with E-state index in [-0.39, 0.29) is 17.8 Å². The van der Waals surface area contributed by atoms with Crippen LogP contribution in [-0.4, -0.2) is 47.5 Å². The number of amides is 2. The van der Waals surface area contributed by atoms with Gasteiger partial charge in [0.25, 0.3) is 11.5 Å². The van der Waals surface area contributed by atoms with Crippen molar-refractivity contribution in [3.05, 3.63) is 87.3 Å². The summed E-state index contributed by atoms with van der Waals surface area (Å²) in [5.41, 5.74) is 0.0224. The Morgan fingerprint density at radius 3 is 2.41 bits per heavy atom. The highest BCUT2D eigenvalue weighted by molar-refractivity contribution is 6.30. The second-order valence-corrected chi connectivity index (χ2v) is 8.83. The van der Waals surface area contributed by atoms with Crippen LogP contribution in [0.5, 0.6) is 5.75 Å². The maximum atomic E-state index is 13.5. The molecule has 0 saturated carbocycles. The van der Waals surface area contributed by atoms with Gasteiger partial charge in [0.05, 0.1) is 20.1 Å². The summed E-state index contributed by atoms with van der Waals surface area (Å²) in [5, 5.41) is 6.90. The van der Waals surface area contributed by atoms with Crippen LogP contribution in [0.15, 0.2) is 65.6 Å². The third kappa shape index (κ3) is 5.93. The predicted molar refractivity (Wildman–Crippen MR) is 130 cm³/mol. The second kappa shape index (κ2) is 10.6. The average Bonchev–Trinajstić information content (AvgIpc) is 3.19. The van der Waals surface area contributed by atoms with Crippen molar-refractivity contribution >= 4 is 29.1 Å². The SMILES string of the molecule is COc1ccc([C@@H]2CN(c3ccnn(CCC(F)(F)F)c3=O)C(=O)C2NC(=O)c2ccc(Cl)cc2)cc1. The summed E-state index contributed by atoms with van der Waals surface area (Å²) in [6, 6.07) is 13.2. The summed E-state index contributed by atoms with van der Waals surface area (Å²) in [5.74, 6) is -1.07. The highest BCUT2D eigenvalue weighted by Crippen LogP contribution is 2.32. The van der Waals surface area contributed by atoms with Crippen LogP contribution < -0.4 is 20.5 Å². The molecule has 2 heterocycles. The van der Waals surface area contributed by atoms with Crippen LogP contribution >= 0.6 is 11.6 Å². The number of carbonyl (C=O) groups excluding carboxylic acids is 2. The molecule has 4 rings (SSSR count). The van der Waals surface area contributed by atoms with E-state index in [1.807, 2.05) is 0 Å². The standard InChI is InChI=1S/C25H22ClF3N4O4/c1-37-18-8-4-15(5-9-18)19-14-32(20-10-12-30-33(23(20)35)13-11-25(27,28)29)24(36)21(19)31-22(34)16-2-6-17(26)7-3-16/h2-10,12,19,21H,11,13-14H2,1H3,(H,31,34)/t19-,21?/m0/s1. The maximum Gasteiger partial charge on any atom is 0.390 e. The molecule has 1 fully saturated rings. The van der Waals surface area contributed by atoms with Crippen molar-refractivity contribution in [1.82, 2.24) is 15.1 Å². The van der Waals surface area contributed by atoms with Gasteiger partial charge < -0.3 is 15.0 Å². The molecule has 1 aliphatic rings. The minimum atomic E-state index is -4.48. The number of benzene rings is 2. The van der Waals surface area contributed by atoms with Gasteiger partial charge in [-0.05, 0) is 48.0 Å². The number of aromatic nitrogens is 2. The van der Waals surface area contributed by atoms with Crippen molar-refractivity contribution in [3.8, 4) is 5.75 Å². The first-order valence-corrected chi connectivity index (χ1v) is 11.6. The Hall–Kier alpha value is -3.86. The zero-order valence-electron chi connectivity index (χ0n) is 19.5. The first kappa shape index (κ1) is 26.2. The summed E-state index contributed by atoms with van der Waals surface area (Å²) in [7, 11) is 1.51. The second-order valence-electron chi connectivity index (χ2n) is 8.40. The van der Waals surface area contributed by atoms with E-state index in [0.29, 0.717) is 21.0 Å². The van der Waals surface area contributed by atoms with Gasteiger partial charge in [0.1, 0.15) is 17.5 Å². The number of rotatable bonds is 7. The van der Waals surface area contributed by atoms with Crippen LogP contribution in [0, 0.1) is 0 Å². The molecule has 3 aromatic rings. The molecule has 12 heteroatoms. The normalized spacial score (nSPS) is 17.6. The Kier molecular flexibility index (Phi) is 7.53. The number of aryl methyl sites for hydroxylation is 1. The lowest BCUT2D eigenvalue weighted by Gasteiger charge is -2.19. The molecule has 0 aliphatic carbocycles. The molecule has 2 atom stereocenters. The molecule has 1 unspecified atom stereocenters. The molecule has 1 N–H and O–H groups in total. The number of nitrogens with zero attached hydrogens (tertiary/aromatic N) is 3. The Morgan fingerprint density at radius 2 is 1.78 bits per heavy atom. The fraction of sp³-hybridized carbons (Fsp3) is 0.280. The number of ether oxygens (including phenoxy) is 1. The highest BCUT2D eigenvalue weighted by atomic mass is 35.5. The zero-order valence-corrected chi connectivity index (χ0v) is 20.3. The predicted octanol–water partition coefficient (Wildman–Crippen LogP) is 3.79. The quantitative estimate of drug-likeness (QED) is 0.498. The summed E-state index contributed by atoms with van der Waals surface area (Å²) >= 11 is 5.90. The van der Waals surface area contributed by atoms with Crippen LogP contribution in [0.4, 0.5) is 18.9 Å². The molecule has 2 amide bonds. The van der Waals surface area contributed by atoms with Gasteiger partial charge in [-0.2, -0.15) is 18.3 Å². The van der Waals surface area contributed by atoms with Gasteiger partial charge in [-0.1, -0.05) is 23.7 Å². The van der Waals surface area contributed by atoms with Gasteiger partial charge in [-0.15, -0.1) is 0 Å². The number of hydrogen-bond donors (Lipinski definition) is 1. The molecule has 0 bridgehead atoms. The van der Waals surface area contributed by atoms with Crippen molar-refractivity contribution in [2.45, 2.75) is 31.1 Å². The van der Waals surface area contributed by atoms with Crippen LogP contribution in [0.1, 0.15) is 28.3 Å². The molecule has 0 radical (unpaired) electrons. The fourth-order valence-electron chi connectivity index (χ4n) is 4.12. The van der Waals surface area contributed by atoms with Crippen molar-refractivity contribution < 1.29 is 27.5 Å². The number of alkyl halides is 3. The van der Waals surface area contributed by atoms with Crippen LogP contribution in [0.25, 0.3) is 0 Å². The smallest absolute Gasteiger partial charge is 0.390 e. The monoisotopic (exact) mass is 534 g/mol. The minimum absolute atomic E-state index is 0.00918. The van der Waals surface area contributed by atoms with Gasteiger partial charge in [0.2, 0.25) is 5.91 Å². The van der Waals surface area contributed by atoms with Gasteiger partial charge in [0.15, 0.2) is 0 Å². The third-order valence-electron chi connectivity index (χ3n) is 6.04. The summed E-state index contributed by atoms with van der Waals surface area (Å²) < 4.78 is 44.0. The Bertz CT molecular complexity index is 1340. The number of nitrogens with one attached hydrogen (secondary N) is 1. The molecule has 1 saturated heterocycles. The van der Waals surface area contributed by atoms with Crippen LogP contribution in [0.3, 0.4) is 0 Å². The number of methoxy groups -OCH3 is 1. The Morgan fingerprint density at radius 1 is 1.11 bits per heavy atom. The number of anilines is 1. The van der Waals surface area contributed by atoms with Crippen molar-refractivity contribution in [2.75, 3.05) is 18.6 Å². The minimum Gasteiger partial charge on any atom is -0.497 e. The lowest BCUT2D eigenvalue weighted by Crippen LogP contribution is -2.44. The molecule has 0 spiro atoms. The lowest BCUT2D eigenvalue weighted by atomic mass is 9.93. The van der Waals surface area contributed by atoms with E-state index in [4.69, 9.17) is 16.3 Å². The molecule has 8 nitrogen and oxygen atoms in total. The van der Waals surface area contributed by atoms with E-state index in [1.54, 1.807) is 36.4 Å². The van der Waals surface area contributed by atoms with E-state index in [1.165, 1.54) is 36.4 Å². The molecule has 1 aromatic heterocycles. The van der Waals surface area contributed by atoms with E-state index in [2.05, 4.69) is 10.4 Å².